The Kier molecular flexibility index (Phi) is 5.85. The van der Waals surface area contributed by atoms with E-state index >= 15 is 0 Å². The molecule has 3 heterocycles. The van der Waals surface area contributed by atoms with E-state index in [1.54, 1.807) is 17.0 Å². The van der Waals surface area contributed by atoms with Crippen molar-refractivity contribution in [2.24, 2.45) is 0 Å². The molecule has 7 nitrogen and oxygen atoms in total. The van der Waals surface area contributed by atoms with Gasteiger partial charge >= 0.3 is 0 Å². The van der Waals surface area contributed by atoms with E-state index < -0.39 is 11.8 Å². The third-order valence-corrected chi connectivity index (χ3v) is 7.65. The first kappa shape index (κ1) is 23.8. The molecule has 1 atom stereocenters. The highest BCUT2D eigenvalue weighted by molar-refractivity contribution is 6.41. The number of ether oxygens (including phenoxy) is 2. The second-order valence-electron chi connectivity index (χ2n) is 9.27. The van der Waals surface area contributed by atoms with E-state index in [9.17, 15) is 14.4 Å². The molecule has 3 amide bonds. The van der Waals surface area contributed by atoms with Crippen molar-refractivity contribution >= 4 is 46.6 Å². The lowest BCUT2D eigenvalue weighted by atomic mass is 9.92. The molecule has 0 radical (unpaired) electrons. The average Bonchev–Trinajstić information content (AvgIpc) is 3.02. The fraction of sp³-hybridized carbons (Fsp3) is 0.250. The first-order valence-electron chi connectivity index (χ1n) is 12.0. The van der Waals surface area contributed by atoms with Crippen LogP contribution >= 0.6 is 23.2 Å². The summed E-state index contributed by atoms with van der Waals surface area (Å²) in [5, 5.41) is 0.573. The summed E-state index contributed by atoms with van der Waals surface area (Å²) in [5.41, 5.74) is 3.06. The summed E-state index contributed by atoms with van der Waals surface area (Å²) < 4.78 is 11.7. The van der Waals surface area contributed by atoms with Crippen LogP contribution in [0.1, 0.15) is 61.6 Å². The van der Waals surface area contributed by atoms with Gasteiger partial charge in [-0.25, -0.2) is 4.90 Å². The van der Waals surface area contributed by atoms with E-state index in [4.69, 9.17) is 32.7 Å². The van der Waals surface area contributed by atoms with Gasteiger partial charge in [-0.2, -0.15) is 0 Å². The zero-order chi connectivity index (χ0) is 25.8. The van der Waals surface area contributed by atoms with Crippen LogP contribution < -0.4 is 14.4 Å². The molecule has 0 N–H and O–H groups in total. The molecule has 6 rings (SSSR count). The van der Waals surface area contributed by atoms with Gasteiger partial charge in [0.25, 0.3) is 17.7 Å². The Labute approximate surface area is 223 Å². The van der Waals surface area contributed by atoms with Crippen LogP contribution in [0.15, 0.2) is 48.5 Å². The molecular formula is C28H22Cl2N2O5. The third kappa shape index (κ3) is 3.93. The topological polar surface area (TPSA) is 76.2 Å². The number of carbonyl (C=O) groups excluding carboxylic acids is 3. The van der Waals surface area contributed by atoms with Gasteiger partial charge in [0.1, 0.15) is 0 Å². The zero-order valence-corrected chi connectivity index (χ0v) is 21.4. The summed E-state index contributed by atoms with van der Waals surface area (Å²) in [6, 6.07) is 13.0. The molecule has 0 bridgehead atoms. The average molecular weight is 537 g/mol. The number of carbonyl (C=O) groups is 3. The summed E-state index contributed by atoms with van der Waals surface area (Å²) in [6.45, 7) is 3.69. The fourth-order valence-corrected chi connectivity index (χ4v) is 5.54. The van der Waals surface area contributed by atoms with Crippen LogP contribution in [0.5, 0.6) is 11.5 Å². The zero-order valence-electron chi connectivity index (χ0n) is 19.9. The van der Waals surface area contributed by atoms with E-state index in [-0.39, 0.29) is 33.8 Å². The molecule has 9 heteroatoms. The maximum Gasteiger partial charge on any atom is 0.266 e. The molecule has 188 valence electrons. The number of anilines is 1. The van der Waals surface area contributed by atoms with Crippen molar-refractivity contribution in [3.05, 3.63) is 86.4 Å². The minimum Gasteiger partial charge on any atom is -0.490 e. The number of amides is 3. The second-order valence-corrected chi connectivity index (χ2v) is 10.1. The predicted octanol–water partition coefficient (Wildman–Crippen LogP) is 5.71. The Morgan fingerprint density at radius 1 is 0.919 bits per heavy atom. The molecule has 0 aliphatic carbocycles. The molecule has 3 aliphatic rings. The van der Waals surface area contributed by atoms with Crippen LogP contribution in [0.25, 0.3) is 0 Å². The number of benzene rings is 3. The lowest BCUT2D eigenvalue weighted by Crippen LogP contribution is -2.39. The van der Waals surface area contributed by atoms with Crippen LogP contribution in [0, 0.1) is 0 Å². The Bertz CT molecular complexity index is 1490. The van der Waals surface area contributed by atoms with Crippen molar-refractivity contribution in [2.75, 3.05) is 24.7 Å². The maximum absolute atomic E-state index is 13.6. The van der Waals surface area contributed by atoms with E-state index in [0.29, 0.717) is 42.5 Å². The van der Waals surface area contributed by atoms with Gasteiger partial charge in [0.15, 0.2) is 11.5 Å². The number of imide groups is 1. The van der Waals surface area contributed by atoms with Crippen LogP contribution in [0.2, 0.25) is 10.0 Å². The molecule has 0 spiro atoms. The number of fused-ring (bicyclic) bond motifs is 3. The van der Waals surface area contributed by atoms with E-state index in [2.05, 4.69) is 0 Å². The molecule has 37 heavy (non-hydrogen) atoms. The molecule has 0 saturated carbocycles. The molecule has 0 fully saturated rings. The van der Waals surface area contributed by atoms with E-state index in [0.717, 1.165) is 28.2 Å². The SMILES string of the molecule is C[C@@H]1c2cc3c(cc2CCN1C(=O)c1ccc2c(c1)C(=O)N(c1cc(Cl)ccc1Cl)C2=O)OCCCO3. The van der Waals surface area contributed by atoms with E-state index in [1.807, 2.05) is 19.1 Å². The predicted molar refractivity (Wildman–Crippen MR) is 139 cm³/mol. The van der Waals surface area contributed by atoms with Gasteiger partial charge in [0, 0.05) is 23.6 Å². The first-order valence-corrected chi connectivity index (χ1v) is 12.8. The van der Waals surface area contributed by atoms with Crippen molar-refractivity contribution in [3.8, 4) is 11.5 Å². The summed E-state index contributed by atoms with van der Waals surface area (Å²) in [7, 11) is 0. The van der Waals surface area contributed by atoms with Crippen LogP contribution in [0.4, 0.5) is 5.69 Å². The largest absolute Gasteiger partial charge is 0.490 e. The smallest absolute Gasteiger partial charge is 0.266 e. The number of hydrogen-bond acceptors (Lipinski definition) is 5. The van der Waals surface area contributed by atoms with Gasteiger partial charge in [-0.3, -0.25) is 14.4 Å². The minimum absolute atomic E-state index is 0.160. The highest BCUT2D eigenvalue weighted by atomic mass is 35.5. The maximum atomic E-state index is 13.6. The second kappa shape index (κ2) is 9.08. The molecule has 3 aliphatic heterocycles. The number of rotatable bonds is 2. The molecule has 0 aromatic heterocycles. The standard InChI is InChI=1S/C28H22Cl2N2O5/c1-15-20-14-25-24(36-9-2-10-37-25)12-16(20)7-8-31(15)26(33)17-3-5-19-21(11-17)28(35)32(27(19)34)23-13-18(29)4-6-22(23)30/h3-6,11-15H,2,7-10H2,1H3/t15-/m1/s1. The van der Waals surface area contributed by atoms with Gasteiger partial charge in [-0.15, -0.1) is 0 Å². The highest BCUT2D eigenvalue weighted by Crippen LogP contribution is 2.40. The Morgan fingerprint density at radius 2 is 1.65 bits per heavy atom. The van der Waals surface area contributed by atoms with Gasteiger partial charge in [-0.1, -0.05) is 23.2 Å². The Morgan fingerprint density at radius 3 is 2.43 bits per heavy atom. The lowest BCUT2D eigenvalue weighted by Gasteiger charge is -2.36. The Hall–Kier alpha value is -3.55. The van der Waals surface area contributed by atoms with Gasteiger partial charge in [0.05, 0.1) is 41.1 Å². The van der Waals surface area contributed by atoms with Crippen molar-refractivity contribution in [3.63, 3.8) is 0 Å². The van der Waals surface area contributed by atoms with Crippen molar-refractivity contribution < 1.29 is 23.9 Å². The summed E-state index contributed by atoms with van der Waals surface area (Å²) >= 11 is 12.3. The van der Waals surface area contributed by atoms with Crippen molar-refractivity contribution in [2.45, 2.75) is 25.8 Å². The normalized spacial score (nSPS) is 18.4. The van der Waals surface area contributed by atoms with Gasteiger partial charge < -0.3 is 14.4 Å². The molecule has 0 saturated heterocycles. The first-order chi connectivity index (χ1) is 17.8. The van der Waals surface area contributed by atoms with Gasteiger partial charge in [-0.05, 0) is 73.0 Å². The van der Waals surface area contributed by atoms with Crippen molar-refractivity contribution in [1.82, 2.24) is 4.90 Å². The van der Waals surface area contributed by atoms with Crippen molar-refractivity contribution in [1.29, 1.82) is 0 Å². The molecular weight excluding hydrogens is 515 g/mol. The van der Waals surface area contributed by atoms with E-state index in [1.165, 1.54) is 24.3 Å². The van der Waals surface area contributed by atoms with Crippen LogP contribution in [0.3, 0.4) is 0 Å². The molecule has 3 aromatic carbocycles. The summed E-state index contributed by atoms with van der Waals surface area (Å²) in [6.07, 6.45) is 1.49. The quantitative estimate of drug-likeness (QED) is 0.392. The highest BCUT2D eigenvalue weighted by Gasteiger charge is 2.39. The molecule has 0 unspecified atom stereocenters. The Balaban J connectivity index is 1.30. The monoisotopic (exact) mass is 536 g/mol. The number of nitrogens with zero attached hydrogens (tertiary/aromatic N) is 2. The van der Waals surface area contributed by atoms with Gasteiger partial charge in [0.2, 0.25) is 0 Å². The fourth-order valence-electron chi connectivity index (χ4n) is 5.17. The number of halogens is 2. The third-order valence-electron chi connectivity index (χ3n) is 7.09. The summed E-state index contributed by atoms with van der Waals surface area (Å²) in [4.78, 5) is 42.7. The minimum atomic E-state index is -0.546. The molecule has 3 aromatic rings. The van der Waals surface area contributed by atoms with Crippen LogP contribution in [-0.2, 0) is 6.42 Å². The van der Waals surface area contributed by atoms with Crippen LogP contribution in [-0.4, -0.2) is 42.4 Å². The lowest BCUT2D eigenvalue weighted by molar-refractivity contribution is 0.0677. The summed E-state index contributed by atoms with van der Waals surface area (Å²) in [5.74, 6) is 0.169. The number of hydrogen-bond donors (Lipinski definition) is 0.